The number of hydrogen-bond acceptors (Lipinski definition) is 5. The second-order valence-corrected chi connectivity index (χ2v) is 7.68. The molecule has 0 amide bonds. The van der Waals surface area contributed by atoms with Gasteiger partial charge in [0.2, 0.25) is 10.0 Å². The summed E-state index contributed by atoms with van der Waals surface area (Å²) in [4.78, 5) is 0.0813. The van der Waals surface area contributed by atoms with Gasteiger partial charge in [-0.05, 0) is 39.8 Å². The van der Waals surface area contributed by atoms with Crippen LogP contribution in [-0.4, -0.2) is 29.8 Å². The van der Waals surface area contributed by atoms with Gasteiger partial charge in [0.1, 0.15) is 12.1 Å². The molecular weight excluding hydrogens is 352 g/mol. The molecule has 0 aliphatic heterocycles. The predicted octanol–water partition coefficient (Wildman–Crippen LogP) is 2.95. The molecule has 1 unspecified atom stereocenters. The first-order chi connectivity index (χ1) is 11.3. The van der Waals surface area contributed by atoms with Crippen molar-refractivity contribution in [2.24, 2.45) is 0 Å². The van der Waals surface area contributed by atoms with Gasteiger partial charge in [0, 0.05) is 12.1 Å². The van der Waals surface area contributed by atoms with Crippen LogP contribution in [0.2, 0.25) is 5.02 Å². The molecule has 1 aromatic heterocycles. The Labute approximate surface area is 147 Å². The first-order valence-electron chi connectivity index (χ1n) is 7.60. The second kappa shape index (κ2) is 7.50. The molecule has 132 valence electrons. The molecule has 0 aliphatic carbocycles. The molecule has 1 N–H and O–H groups in total. The standard InChI is InChI=1S/C15H21ClN4O3S/c1-5-23-14-8-12(6-7-13(14)16)24(21,22)19-11(4)15-18-17-9-20(15)10(2)3/h6-11,19H,5H2,1-4H3. The van der Waals surface area contributed by atoms with E-state index in [1.54, 1.807) is 20.2 Å². The number of nitrogens with zero attached hydrogens (tertiary/aromatic N) is 3. The molecule has 0 spiro atoms. The van der Waals surface area contributed by atoms with E-state index >= 15 is 0 Å². The van der Waals surface area contributed by atoms with Crippen molar-refractivity contribution in [2.45, 2.75) is 44.7 Å². The van der Waals surface area contributed by atoms with Crippen LogP contribution in [0.4, 0.5) is 0 Å². The van der Waals surface area contributed by atoms with Crippen LogP contribution in [0.25, 0.3) is 0 Å². The van der Waals surface area contributed by atoms with Crippen LogP contribution in [0.15, 0.2) is 29.4 Å². The maximum atomic E-state index is 12.6. The Kier molecular flexibility index (Phi) is 5.84. The SMILES string of the molecule is CCOc1cc(S(=O)(=O)NC(C)c2nncn2C(C)C)ccc1Cl. The van der Waals surface area contributed by atoms with Crippen molar-refractivity contribution in [3.63, 3.8) is 0 Å². The second-order valence-electron chi connectivity index (χ2n) is 5.56. The van der Waals surface area contributed by atoms with E-state index in [1.165, 1.54) is 18.2 Å². The lowest BCUT2D eigenvalue weighted by molar-refractivity contribution is 0.339. The monoisotopic (exact) mass is 372 g/mol. The minimum Gasteiger partial charge on any atom is -0.492 e. The Morgan fingerprint density at radius 3 is 2.67 bits per heavy atom. The summed E-state index contributed by atoms with van der Waals surface area (Å²) in [6, 6.07) is 3.94. The molecule has 7 nitrogen and oxygen atoms in total. The van der Waals surface area contributed by atoms with E-state index in [2.05, 4.69) is 14.9 Å². The Morgan fingerprint density at radius 2 is 2.04 bits per heavy atom. The van der Waals surface area contributed by atoms with Gasteiger partial charge in [-0.2, -0.15) is 0 Å². The Balaban J connectivity index is 2.28. The van der Waals surface area contributed by atoms with Gasteiger partial charge in [-0.15, -0.1) is 10.2 Å². The van der Waals surface area contributed by atoms with Crippen molar-refractivity contribution < 1.29 is 13.2 Å². The fraction of sp³-hybridized carbons (Fsp3) is 0.467. The number of halogens is 1. The molecule has 1 heterocycles. The zero-order valence-corrected chi connectivity index (χ0v) is 15.6. The van der Waals surface area contributed by atoms with Gasteiger partial charge in [-0.1, -0.05) is 11.6 Å². The van der Waals surface area contributed by atoms with E-state index < -0.39 is 16.1 Å². The normalized spacial score (nSPS) is 13.2. The van der Waals surface area contributed by atoms with Crippen LogP contribution in [0.1, 0.15) is 45.6 Å². The van der Waals surface area contributed by atoms with E-state index in [0.717, 1.165) is 0 Å². The van der Waals surface area contributed by atoms with Gasteiger partial charge in [0.25, 0.3) is 0 Å². The number of aromatic nitrogens is 3. The molecule has 2 rings (SSSR count). The highest BCUT2D eigenvalue weighted by Gasteiger charge is 2.23. The third-order valence-electron chi connectivity index (χ3n) is 3.39. The lowest BCUT2D eigenvalue weighted by Crippen LogP contribution is -2.29. The van der Waals surface area contributed by atoms with Crippen molar-refractivity contribution in [1.82, 2.24) is 19.5 Å². The van der Waals surface area contributed by atoms with Crippen LogP contribution in [0.5, 0.6) is 5.75 Å². The van der Waals surface area contributed by atoms with E-state index in [-0.39, 0.29) is 10.9 Å². The van der Waals surface area contributed by atoms with Gasteiger partial charge < -0.3 is 9.30 Å². The molecule has 1 atom stereocenters. The van der Waals surface area contributed by atoms with Gasteiger partial charge in [0.15, 0.2) is 5.82 Å². The van der Waals surface area contributed by atoms with Crippen molar-refractivity contribution in [3.8, 4) is 5.75 Å². The van der Waals surface area contributed by atoms with E-state index in [9.17, 15) is 8.42 Å². The van der Waals surface area contributed by atoms with Gasteiger partial charge >= 0.3 is 0 Å². The fourth-order valence-corrected chi connectivity index (χ4v) is 3.62. The number of benzene rings is 1. The molecule has 0 saturated carbocycles. The molecule has 0 radical (unpaired) electrons. The van der Waals surface area contributed by atoms with E-state index in [4.69, 9.17) is 16.3 Å². The number of hydrogen-bond donors (Lipinski definition) is 1. The highest BCUT2D eigenvalue weighted by Crippen LogP contribution is 2.28. The van der Waals surface area contributed by atoms with Crippen molar-refractivity contribution in [3.05, 3.63) is 35.4 Å². The summed E-state index contributed by atoms with van der Waals surface area (Å²) in [6.07, 6.45) is 1.58. The lowest BCUT2D eigenvalue weighted by Gasteiger charge is -2.17. The van der Waals surface area contributed by atoms with Crippen LogP contribution >= 0.6 is 11.6 Å². The fourth-order valence-electron chi connectivity index (χ4n) is 2.23. The predicted molar refractivity (Wildman–Crippen MR) is 91.8 cm³/mol. The van der Waals surface area contributed by atoms with Gasteiger partial charge in [-0.3, -0.25) is 0 Å². The van der Waals surface area contributed by atoms with Crippen molar-refractivity contribution in [1.29, 1.82) is 0 Å². The third kappa shape index (κ3) is 4.06. The Morgan fingerprint density at radius 1 is 1.33 bits per heavy atom. The number of nitrogens with one attached hydrogen (secondary N) is 1. The van der Waals surface area contributed by atoms with Crippen LogP contribution in [-0.2, 0) is 10.0 Å². The highest BCUT2D eigenvalue weighted by molar-refractivity contribution is 7.89. The van der Waals surface area contributed by atoms with Crippen molar-refractivity contribution >= 4 is 21.6 Å². The summed E-state index contributed by atoms with van der Waals surface area (Å²) < 4.78 is 35.0. The number of ether oxygens (including phenoxy) is 1. The summed E-state index contributed by atoms with van der Waals surface area (Å²) in [5.41, 5.74) is 0. The first kappa shape index (κ1) is 18.7. The van der Waals surface area contributed by atoms with Crippen LogP contribution < -0.4 is 9.46 Å². The summed E-state index contributed by atoms with van der Waals surface area (Å²) >= 11 is 6.01. The topological polar surface area (TPSA) is 86.1 Å². The quantitative estimate of drug-likeness (QED) is 0.807. The Bertz CT molecular complexity index is 805. The molecule has 2 aromatic rings. The summed E-state index contributed by atoms with van der Waals surface area (Å²) in [5, 5.41) is 8.24. The number of sulfonamides is 1. The molecular formula is C15H21ClN4O3S. The largest absolute Gasteiger partial charge is 0.492 e. The first-order valence-corrected chi connectivity index (χ1v) is 9.46. The summed E-state index contributed by atoms with van der Waals surface area (Å²) in [5.74, 6) is 0.882. The van der Waals surface area contributed by atoms with E-state index in [1.807, 2.05) is 18.4 Å². The zero-order valence-electron chi connectivity index (χ0n) is 14.0. The highest BCUT2D eigenvalue weighted by atomic mass is 35.5. The minimum atomic E-state index is -3.76. The Hall–Kier alpha value is -1.64. The maximum Gasteiger partial charge on any atom is 0.241 e. The van der Waals surface area contributed by atoms with Crippen LogP contribution in [0.3, 0.4) is 0 Å². The average Bonchev–Trinajstić information content (AvgIpc) is 2.99. The van der Waals surface area contributed by atoms with Crippen LogP contribution in [0, 0.1) is 0 Å². The summed E-state index contributed by atoms with van der Waals surface area (Å²) in [6.45, 7) is 7.87. The minimum absolute atomic E-state index is 0.0813. The molecule has 24 heavy (non-hydrogen) atoms. The third-order valence-corrected chi connectivity index (χ3v) is 5.24. The number of rotatable bonds is 7. The molecule has 0 bridgehead atoms. The molecule has 0 saturated heterocycles. The smallest absolute Gasteiger partial charge is 0.241 e. The molecule has 9 heteroatoms. The van der Waals surface area contributed by atoms with Crippen molar-refractivity contribution in [2.75, 3.05) is 6.61 Å². The van der Waals surface area contributed by atoms with Gasteiger partial charge in [0.05, 0.1) is 22.6 Å². The lowest BCUT2D eigenvalue weighted by atomic mass is 10.3. The molecule has 0 aliphatic rings. The maximum absolute atomic E-state index is 12.6. The van der Waals surface area contributed by atoms with E-state index in [0.29, 0.717) is 23.2 Å². The molecule has 0 fully saturated rings. The molecule has 1 aromatic carbocycles. The van der Waals surface area contributed by atoms with Gasteiger partial charge in [-0.25, -0.2) is 13.1 Å². The average molecular weight is 373 g/mol. The zero-order chi connectivity index (χ0) is 17.9. The summed E-state index contributed by atoms with van der Waals surface area (Å²) in [7, 11) is -3.76.